The maximum absolute atomic E-state index is 12.4. The first-order valence-corrected chi connectivity index (χ1v) is 9.47. The SMILES string of the molecule is CC(Sc1nc2cc(Cl)ccc2n1C)C(=O)Nc1sccc1C(N)=O. The number of aryl methyl sites for hydroxylation is 1. The zero-order valence-corrected chi connectivity index (χ0v) is 15.8. The van der Waals surface area contributed by atoms with Crippen molar-refractivity contribution in [2.45, 2.75) is 17.3 Å². The van der Waals surface area contributed by atoms with E-state index in [2.05, 4.69) is 10.3 Å². The Hall–Kier alpha value is -2.03. The lowest BCUT2D eigenvalue weighted by Crippen LogP contribution is -2.24. The molecule has 0 saturated carbocycles. The number of benzene rings is 1. The number of nitrogens with two attached hydrogens (primary N) is 1. The number of aromatic nitrogens is 2. The van der Waals surface area contributed by atoms with Crippen LogP contribution in [0.3, 0.4) is 0 Å². The van der Waals surface area contributed by atoms with Gasteiger partial charge in [-0.15, -0.1) is 11.3 Å². The van der Waals surface area contributed by atoms with Crippen molar-refractivity contribution in [1.29, 1.82) is 0 Å². The molecule has 0 aliphatic rings. The van der Waals surface area contributed by atoms with E-state index in [0.717, 1.165) is 11.0 Å². The van der Waals surface area contributed by atoms with Gasteiger partial charge < -0.3 is 15.6 Å². The normalized spacial score (nSPS) is 12.3. The second-order valence-corrected chi connectivity index (χ2v) is 8.02. The summed E-state index contributed by atoms with van der Waals surface area (Å²) in [7, 11) is 1.89. The first-order chi connectivity index (χ1) is 11.9. The third-order valence-electron chi connectivity index (χ3n) is 3.62. The number of hydrogen-bond acceptors (Lipinski definition) is 5. The van der Waals surface area contributed by atoms with Gasteiger partial charge in [0.1, 0.15) is 5.00 Å². The Kier molecular flexibility index (Phi) is 5.03. The van der Waals surface area contributed by atoms with Crippen LogP contribution in [0.1, 0.15) is 17.3 Å². The molecule has 130 valence electrons. The zero-order chi connectivity index (χ0) is 18.1. The molecule has 3 aromatic rings. The molecule has 3 rings (SSSR count). The average Bonchev–Trinajstić information content (AvgIpc) is 3.12. The smallest absolute Gasteiger partial charge is 0.251 e. The van der Waals surface area contributed by atoms with Gasteiger partial charge in [0.2, 0.25) is 5.91 Å². The van der Waals surface area contributed by atoms with Crippen molar-refractivity contribution in [1.82, 2.24) is 9.55 Å². The number of primary amides is 1. The maximum atomic E-state index is 12.4. The van der Waals surface area contributed by atoms with Gasteiger partial charge in [0.25, 0.3) is 5.91 Å². The third-order valence-corrected chi connectivity index (χ3v) is 5.83. The van der Waals surface area contributed by atoms with E-state index in [4.69, 9.17) is 17.3 Å². The second-order valence-electron chi connectivity index (χ2n) is 5.36. The number of fused-ring (bicyclic) bond motifs is 1. The standard InChI is InChI=1S/C16H15ClN4O2S2/c1-8(14(23)20-15-10(13(18)22)5-6-24-15)25-16-19-11-7-9(17)3-4-12(11)21(16)2/h3-8H,1-2H3,(H2,18,22)(H,20,23). The highest BCUT2D eigenvalue weighted by Gasteiger charge is 2.20. The highest BCUT2D eigenvalue weighted by atomic mass is 35.5. The van der Waals surface area contributed by atoms with Crippen LogP contribution in [0.15, 0.2) is 34.8 Å². The Morgan fingerprint density at radius 3 is 2.88 bits per heavy atom. The monoisotopic (exact) mass is 394 g/mol. The molecule has 0 fully saturated rings. The Labute approximate surface area is 157 Å². The number of carbonyl (C=O) groups is 2. The Balaban J connectivity index is 1.76. The number of anilines is 1. The number of hydrogen-bond donors (Lipinski definition) is 2. The lowest BCUT2D eigenvalue weighted by Gasteiger charge is -2.11. The molecule has 3 N–H and O–H groups in total. The molecule has 0 spiro atoms. The lowest BCUT2D eigenvalue weighted by molar-refractivity contribution is -0.115. The number of halogens is 1. The Bertz CT molecular complexity index is 966. The second kappa shape index (κ2) is 7.07. The fourth-order valence-corrected chi connectivity index (χ4v) is 4.13. The first kappa shape index (κ1) is 17.8. The summed E-state index contributed by atoms with van der Waals surface area (Å²) in [6.45, 7) is 1.78. The summed E-state index contributed by atoms with van der Waals surface area (Å²) < 4.78 is 1.92. The molecule has 0 radical (unpaired) electrons. The van der Waals surface area contributed by atoms with E-state index >= 15 is 0 Å². The summed E-state index contributed by atoms with van der Waals surface area (Å²) >= 11 is 8.59. The first-order valence-electron chi connectivity index (χ1n) is 7.33. The van der Waals surface area contributed by atoms with Crippen molar-refractivity contribution in [3.8, 4) is 0 Å². The van der Waals surface area contributed by atoms with Crippen LogP contribution >= 0.6 is 34.7 Å². The minimum absolute atomic E-state index is 0.222. The van der Waals surface area contributed by atoms with E-state index in [1.165, 1.54) is 23.1 Å². The summed E-state index contributed by atoms with van der Waals surface area (Å²) in [5.41, 5.74) is 7.33. The van der Waals surface area contributed by atoms with Crippen molar-refractivity contribution in [2.75, 3.05) is 5.32 Å². The van der Waals surface area contributed by atoms with Gasteiger partial charge in [-0.25, -0.2) is 4.98 Å². The molecule has 0 aliphatic carbocycles. The fourth-order valence-electron chi connectivity index (χ4n) is 2.28. The van der Waals surface area contributed by atoms with Crippen molar-refractivity contribution < 1.29 is 9.59 Å². The minimum atomic E-state index is -0.566. The molecular formula is C16H15ClN4O2S2. The number of amides is 2. The molecule has 1 aromatic carbocycles. The quantitative estimate of drug-likeness (QED) is 0.648. The van der Waals surface area contributed by atoms with Gasteiger partial charge in [-0.3, -0.25) is 9.59 Å². The lowest BCUT2D eigenvalue weighted by atomic mass is 10.3. The predicted octanol–water partition coefficient (Wildman–Crippen LogP) is 3.51. The van der Waals surface area contributed by atoms with Crippen LogP contribution in [0.5, 0.6) is 0 Å². The van der Waals surface area contributed by atoms with Crippen LogP contribution in [0.2, 0.25) is 5.02 Å². The van der Waals surface area contributed by atoms with Gasteiger partial charge in [0, 0.05) is 12.1 Å². The van der Waals surface area contributed by atoms with Crippen LogP contribution in [0, 0.1) is 0 Å². The van der Waals surface area contributed by atoms with Gasteiger partial charge in [-0.2, -0.15) is 0 Å². The highest BCUT2D eigenvalue weighted by Crippen LogP contribution is 2.29. The van der Waals surface area contributed by atoms with Crippen molar-refractivity contribution in [3.63, 3.8) is 0 Å². The summed E-state index contributed by atoms with van der Waals surface area (Å²) in [6.07, 6.45) is 0. The summed E-state index contributed by atoms with van der Waals surface area (Å²) in [4.78, 5) is 28.3. The van der Waals surface area contributed by atoms with Gasteiger partial charge in [-0.05, 0) is 36.6 Å². The number of thioether (sulfide) groups is 1. The number of imidazole rings is 1. The molecule has 2 amide bonds. The van der Waals surface area contributed by atoms with Gasteiger partial charge in [0.15, 0.2) is 5.16 Å². The van der Waals surface area contributed by atoms with Gasteiger partial charge in [0.05, 0.1) is 21.8 Å². The maximum Gasteiger partial charge on any atom is 0.251 e. The number of thiophene rings is 1. The summed E-state index contributed by atoms with van der Waals surface area (Å²) in [5, 5.41) is 5.84. The van der Waals surface area contributed by atoms with E-state index in [1.807, 2.05) is 17.7 Å². The van der Waals surface area contributed by atoms with E-state index in [-0.39, 0.29) is 5.91 Å². The van der Waals surface area contributed by atoms with Crippen molar-refractivity contribution in [2.24, 2.45) is 12.8 Å². The molecule has 0 bridgehead atoms. The van der Waals surface area contributed by atoms with Crippen molar-refractivity contribution in [3.05, 3.63) is 40.2 Å². The van der Waals surface area contributed by atoms with Crippen LogP contribution in [0.25, 0.3) is 11.0 Å². The summed E-state index contributed by atoms with van der Waals surface area (Å²) in [5.74, 6) is -0.788. The van der Waals surface area contributed by atoms with Crippen LogP contribution in [-0.2, 0) is 11.8 Å². The van der Waals surface area contributed by atoms with E-state index in [9.17, 15) is 9.59 Å². The minimum Gasteiger partial charge on any atom is -0.366 e. The molecule has 0 saturated heterocycles. The summed E-state index contributed by atoms with van der Waals surface area (Å²) in [6, 6.07) is 7.08. The molecule has 6 nitrogen and oxygen atoms in total. The topological polar surface area (TPSA) is 90.0 Å². The van der Waals surface area contributed by atoms with E-state index in [0.29, 0.717) is 20.7 Å². The van der Waals surface area contributed by atoms with E-state index < -0.39 is 11.2 Å². The molecule has 1 unspecified atom stereocenters. The van der Waals surface area contributed by atoms with Crippen LogP contribution in [-0.4, -0.2) is 26.6 Å². The highest BCUT2D eigenvalue weighted by molar-refractivity contribution is 8.00. The molecule has 25 heavy (non-hydrogen) atoms. The Morgan fingerprint density at radius 2 is 2.16 bits per heavy atom. The molecular weight excluding hydrogens is 380 g/mol. The largest absolute Gasteiger partial charge is 0.366 e. The third kappa shape index (κ3) is 3.65. The number of carbonyl (C=O) groups excluding carboxylic acids is 2. The van der Waals surface area contributed by atoms with Gasteiger partial charge >= 0.3 is 0 Å². The number of nitrogens with zero attached hydrogens (tertiary/aromatic N) is 2. The van der Waals surface area contributed by atoms with E-state index in [1.54, 1.807) is 30.5 Å². The molecule has 0 aliphatic heterocycles. The van der Waals surface area contributed by atoms with Crippen LogP contribution in [0.4, 0.5) is 5.00 Å². The molecule has 2 heterocycles. The molecule has 9 heteroatoms. The number of nitrogens with one attached hydrogen (secondary N) is 1. The average molecular weight is 395 g/mol. The predicted molar refractivity (Wildman–Crippen MR) is 103 cm³/mol. The Morgan fingerprint density at radius 1 is 1.40 bits per heavy atom. The number of rotatable bonds is 5. The van der Waals surface area contributed by atoms with Gasteiger partial charge in [-0.1, -0.05) is 23.4 Å². The zero-order valence-electron chi connectivity index (χ0n) is 13.4. The molecule has 1 atom stereocenters. The fraction of sp³-hybridized carbons (Fsp3) is 0.188. The van der Waals surface area contributed by atoms with Crippen LogP contribution < -0.4 is 11.1 Å². The molecule has 2 aromatic heterocycles. The van der Waals surface area contributed by atoms with Crippen molar-refractivity contribution >= 4 is 62.5 Å².